The second-order valence-electron chi connectivity index (χ2n) is 4.22. The highest BCUT2D eigenvalue weighted by Gasteiger charge is 2.56. The molecule has 0 atom stereocenters. The van der Waals surface area contributed by atoms with Gasteiger partial charge in [0.1, 0.15) is 0 Å². The largest absolute Gasteiger partial charge is 0.463 e. The zero-order valence-electron chi connectivity index (χ0n) is 10.9. The van der Waals surface area contributed by atoms with Crippen LogP contribution in [-0.4, -0.2) is 24.7 Å². The van der Waals surface area contributed by atoms with Crippen molar-refractivity contribution >= 4 is 12.0 Å². The van der Waals surface area contributed by atoms with Gasteiger partial charge in [0.15, 0.2) is 0 Å². The predicted molar refractivity (Wildman–Crippen MR) is 66.7 cm³/mol. The fourth-order valence-corrected chi connectivity index (χ4v) is 1.39. The summed E-state index contributed by atoms with van der Waals surface area (Å²) < 4.78 is 65.2. The molecule has 0 spiro atoms. The highest BCUT2D eigenvalue weighted by atomic mass is 19.4. The van der Waals surface area contributed by atoms with Crippen LogP contribution in [0.25, 0.3) is 6.08 Å². The molecule has 7 heteroatoms. The van der Waals surface area contributed by atoms with Gasteiger partial charge < -0.3 is 4.74 Å². The molecule has 0 fully saturated rings. The van der Waals surface area contributed by atoms with E-state index in [0.717, 1.165) is 11.6 Å². The van der Waals surface area contributed by atoms with Crippen molar-refractivity contribution in [2.24, 2.45) is 0 Å². The molecular formula is C14H13F5O2. The summed E-state index contributed by atoms with van der Waals surface area (Å²) >= 11 is 0. The first-order chi connectivity index (χ1) is 9.72. The molecule has 0 aromatic heterocycles. The van der Waals surface area contributed by atoms with Crippen LogP contribution in [-0.2, 0) is 9.53 Å². The average Bonchev–Trinajstić information content (AvgIpc) is 2.41. The summed E-state index contributed by atoms with van der Waals surface area (Å²) in [7, 11) is 0. The molecule has 21 heavy (non-hydrogen) atoms. The van der Waals surface area contributed by atoms with Crippen molar-refractivity contribution in [3.8, 4) is 0 Å². The SMILES string of the molecule is O=C(/C=C/c1ccccc1)OCCCC(F)(F)C(F)(F)F. The lowest BCUT2D eigenvalue weighted by Gasteiger charge is -2.18. The summed E-state index contributed by atoms with van der Waals surface area (Å²) in [5.41, 5.74) is 0.734. The minimum atomic E-state index is -5.58. The van der Waals surface area contributed by atoms with Gasteiger partial charge >= 0.3 is 18.1 Å². The van der Waals surface area contributed by atoms with Crippen molar-refractivity contribution in [1.29, 1.82) is 0 Å². The maximum Gasteiger partial charge on any atom is 0.453 e. The smallest absolute Gasteiger partial charge is 0.453 e. The van der Waals surface area contributed by atoms with Crippen LogP contribution >= 0.6 is 0 Å². The fraction of sp³-hybridized carbons (Fsp3) is 0.357. The molecule has 1 aromatic carbocycles. The monoisotopic (exact) mass is 308 g/mol. The maximum absolute atomic E-state index is 12.5. The Balaban J connectivity index is 2.30. The van der Waals surface area contributed by atoms with Gasteiger partial charge in [0.2, 0.25) is 0 Å². The van der Waals surface area contributed by atoms with E-state index in [2.05, 4.69) is 4.74 Å². The van der Waals surface area contributed by atoms with Gasteiger partial charge in [-0.05, 0) is 18.1 Å². The van der Waals surface area contributed by atoms with Gasteiger partial charge in [-0.25, -0.2) is 4.79 Å². The van der Waals surface area contributed by atoms with Crippen molar-refractivity contribution in [2.45, 2.75) is 24.9 Å². The Bertz CT molecular complexity index is 480. The van der Waals surface area contributed by atoms with Gasteiger partial charge in [-0.3, -0.25) is 0 Å². The lowest BCUT2D eigenvalue weighted by molar-refractivity contribution is -0.284. The number of rotatable bonds is 6. The Hall–Kier alpha value is -1.92. The van der Waals surface area contributed by atoms with Crippen molar-refractivity contribution < 1.29 is 31.5 Å². The number of carbonyl (C=O) groups is 1. The van der Waals surface area contributed by atoms with E-state index in [1.807, 2.05) is 0 Å². The fourth-order valence-electron chi connectivity index (χ4n) is 1.39. The van der Waals surface area contributed by atoms with E-state index in [4.69, 9.17) is 0 Å². The number of esters is 1. The summed E-state index contributed by atoms with van der Waals surface area (Å²) in [4.78, 5) is 11.2. The van der Waals surface area contributed by atoms with Crippen molar-refractivity contribution in [3.63, 3.8) is 0 Å². The van der Waals surface area contributed by atoms with Crippen LogP contribution < -0.4 is 0 Å². The van der Waals surface area contributed by atoms with E-state index in [-0.39, 0.29) is 0 Å². The zero-order valence-corrected chi connectivity index (χ0v) is 10.9. The van der Waals surface area contributed by atoms with Crippen LogP contribution in [0.3, 0.4) is 0 Å². The van der Waals surface area contributed by atoms with E-state index in [1.165, 1.54) is 6.08 Å². The highest BCUT2D eigenvalue weighted by Crippen LogP contribution is 2.38. The van der Waals surface area contributed by atoms with Gasteiger partial charge in [-0.15, -0.1) is 0 Å². The van der Waals surface area contributed by atoms with Gasteiger partial charge in [-0.2, -0.15) is 22.0 Å². The van der Waals surface area contributed by atoms with Gasteiger partial charge in [0, 0.05) is 12.5 Å². The van der Waals surface area contributed by atoms with E-state index in [9.17, 15) is 26.7 Å². The molecule has 0 saturated carbocycles. The van der Waals surface area contributed by atoms with Crippen LogP contribution in [0.1, 0.15) is 18.4 Å². The van der Waals surface area contributed by atoms with Crippen molar-refractivity contribution in [2.75, 3.05) is 6.61 Å². The minimum absolute atomic E-state index is 0.496. The first kappa shape index (κ1) is 17.1. The Morgan fingerprint density at radius 2 is 1.71 bits per heavy atom. The molecule has 0 radical (unpaired) electrons. The molecule has 0 unspecified atom stereocenters. The number of halogens is 5. The van der Waals surface area contributed by atoms with E-state index in [0.29, 0.717) is 0 Å². The van der Waals surface area contributed by atoms with Crippen LogP contribution in [0, 0.1) is 0 Å². The number of ether oxygens (including phenoxy) is 1. The molecule has 0 aliphatic carbocycles. The predicted octanol–water partition coefficient (Wildman–Crippen LogP) is 4.22. The second kappa shape index (κ2) is 7.19. The standard InChI is InChI=1S/C14H13F5O2/c15-13(16,14(17,18)19)9-4-10-21-12(20)8-7-11-5-2-1-3-6-11/h1-3,5-8H,4,9-10H2/b8-7+. The Morgan fingerprint density at radius 1 is 1.10 bits per heavy atom. The van der Waals surface area contributed by atoms with E-state index >= 15 is 0 Å². The number of hydrogen-bond donors (Lipinski definition) is 0. The molecule has 1 aromatic rings. The molecule has 2 nitrogen and oxygen atoms in total. The topological polar surface area (TPSA) is 26.3 Å². The number of alkyl halides is 5. The summed E-state index contributed by atoms with van der Waals surface area (Å²) in [5, 5.41) is 0. The number of benzene rings is 1. The average molecular weight is 308 g/mol. The molecule has 0 aliphatic heterocycles. The van der Waals surface area contributed by atoms with Crippen LogP contribution in [0.2, 0.25) is 0 Å². The van der Waals surface area contributed by atoms with Crippen LogP contribution in [0.5, 0.6) is 0 Å². The molecule has 0 N–H and O–H groups in total. The van der Waals surface area contributed by atoms with Crippen molar-refractivity contribution in [3.05, 3.63) is 42.0 Å². The van der Waals surface area contributed by atoms with E-state index in [1.54, 1.807) is 30.3 Å². The Labute approximate surface area is 118 Å². The quantitative estimate of drug-likeness (QED) is 0.340. The van der Waals surface area contributed by atoms with Gasteiger partial charge in [0.25, 0.3) is 0 Å². The van der Waals surface area contributed by atoms with Gasteiger partial charge in [0.05, 0.1) is 6.61 Å². The summed E-state index contributed by atoms with van der Waals surface area (Å²) in [6, 6.07) is 8.76. The normalized spacial score (nSPS) is 12.6. The minimum Gasteiger partial charge on any atom is -0.463 e. The first-order valence-electron chi connectivity index (χ1n) is 6.07. The van der Waals surface area contributed by atoms with Crippen LogP contribution in [0.4, 0.5) is 22.0 Å². The summed E-state index contributed by atoms with van der Waals surface area (Å²) in [5.74, 6) is -5.56. The molecule has 0 aliphatic rings. The van der Waals surface area contributed by atoms with Crippen molar-refractivity contribution in [1.82, 2.24) is 0 Å². The third-order valence-electron chi connectivity index (χ3n) is 2.51. The molecule has 116 valence electrons. The number of hydrogen-bond acceptors (Lipinski definition) is 2. The molecule has 0 bridgehead atoms. The lowest BCUT2D eigenvalue weighted by atomic mass is 10.2. The first-order valence-corrected chi connectivity index (χ1v) is 6.07. The Kier molecular flexibility index (Phi) is 5.87. The summed E-state index contributed by atoms with van der Waals surface area (Å²) in [6.45, 7) is -0.496. The molecule has 0 amide bonds. The third-order valence-corrected chi connectivity index (χ3v) is 2.51. The third kappa shape index (κ3) is 5.93. The van der Waals surface area contributed by atoms with Gasteiger partial charge in [-0.1, -0.05) is 30.3 Å². The highest BCUT2D eigenvalue weighted by molar-refractivity contribution is 5.86. The second-order valence-corrected chi connectivity index (χ2v) is 4.22. The zero-order chi connectivity index (χ0) is 15.9. The van der Waals surface area contributed by atoms with Crippen LogP contribution in [0.15, 0.2) is 36.4 Å². The maximum atomic E-state index is 12.5. The molecule has 0 heterocycles. The lowest BCUT2D eigenvalue weighted by Crippen LogP contribution is -2.36. The molecule has 1 rings (SSSR count). The van der Waals surface area contributed by atoms with E-state index < -0.39 is 37.5 Å². The molecular weight excluding hydrogens is 295 g/mol. The summed E-state index contributed by atoms with van der Waals surface area (Å²) in [6.07, 6.45) is -5.03. The number of carbonyl (C=O) groups excluding carboxylic acids is 1. The Morgan fingerprint density at radius 3 is 2.29 bits per heavy atom. The molecule has 0 saturated heterocycles.